The van der Waals surface area contributed by atoms with Crippen molar-refractivity contribution in [2.24, 2.45) is 0 Å². The van der Waals surface area contributed by atoms with E-state index in [1.807, 2.05) is 0 Å². The van der Waals surface area contributed by atoms with Gasteiger partial charge in [-0.25, -0.2) is 0 Å². The topological polar surface area (TPSA) is 61.9 Å². The van der Waals surface area contributed by atoms with E-state index in [0.29, 0.717) is 13.1 Å². The number of hydrogen-bond donors (Lipinski definition) is 1. The van der Waals surface area contributed by atoms with Gasteiger partial charge in [-0.1, -0.05) is 6.58 Å². The van der Waals surface area contributed by atoms with Crippen LogP contribution >= 0.6 is 0 Å². The number of nitrogens with zero attached hydrogens (tertiary/aromatic N) is 3. The highest BCUT2D eigenvalue weighted by Crippen LogP contribution is 2.13. The summed E-state index contributed by atoms with van der Waals surface area (Å²) in [6.07, 6.45) is 2.09. The molecule has 0 spiro atoms. The van der Waals surface area contributed by atoms with Crippen molar-refractivity contribution in [1.82, 2.24) is 20.3 Å². The van der Waals surface area contributed by atoms with Crippen molar-refractivity contribution < 1.29 is 4.79 Å². The molecule has 2 heterocycles. The Hall–Kier alpha value is -1.65. The Labute approximate surface area is 75.4 Å². The zero-order valence-electron chi connectivity index (χ0n) is 7.16. The van der Waals surface area contributed by atoms with Gasteiger partial charge in [0.1, 0.15) is 5.69 Å². The molecule has 1 aromatic heterocycles. The fraction of sp³-hybridized carbons (Fsp3) is 0.375. The van der Waals surface area contributed by atoms with Crippen LogP contribution in [-0.2, 0) is 17.8 Å². The quantitative estimate of drug-likeness (QED) is 0.609. The molecule has 1 aliphatic rings. The van der Waals surface area contributed by atoms with E-state index in [1.54, 1.807) is 4.90 Å². The molecule has 0 fully saturated rings. The number of aromatic nitrogens is 3. The van der Waals surface area contributed by atoms with Crippen LogP contribution in [0.25, 0.3) is 0 Å². The molecule has 0 saturated heterocycles. The molecule has 5 nitrogen and oxygen atoms in total. The fourth-order valence-electron chi connectivity index (χ4n) is 1.42. The molecule has 5 heteroatoms. The van der Waals surface area contributed by atoms with Gasteiger partial charge in [0.25, 0.3) is 0 Å². The predicted octanol–water partition coefficient (Wildman–Crippen LogP) is -0.125. The average molecular weight is 178 g/mol. The van der Waals surface area contributed by atoms with E-state index in [1.165, 1.54) is 6.08 Å². The maximum absolute atomic E-state index is 11.2. The van der Waals surface area contributed by atoms with Gasteiger partial charge in [-0.05, 0) is 6.08 Å². The van der Waals surface area contributed by atoms with Gasteiger partial charge in [0.15, 0.2) is 0 Å². The Bertz CT molecular complexity index is 344. The summed E-state index contributed by atoms with van der Waals surface area (Å²) in [5.74, 6) is -0.0475. The lowest BCUT2D eigenvalue weighted by Gasteiger charge is -2.23. The summed E-state index contributed by atoms with van der Waals surface area (Å²) in [5.41, 5.74) is 1.83. The van der Waals surface area contributed by atoms with E-state index >= 15 is 0 Å². The maximum atomic E-state index is 11.2. The monoisotopic (exact) mass is 178 g/mol. The lowest BCUT2D eigenvalue weighted by Crippen LogP contribution is -2.34. The Morgan fingerprint density at radius 1 is 1.54 bits per heavy atom. The van der Waals surface area contributed by atoms with E-state index in [-0.39, 0.29) is 5.91 Å². The van der Waals surface area contributed by atoms with Crippen molar-refractivity contribution in [3.63, 3.8) is 0 Å². The minimum Gasteiger partial charge on any atom is -0.333 e. The molecule has 0 bridgehead atoms. The number of aromatic amines is 1. The van der Waals surface area contributed by atoms with Crippen LogP contribution in [0.3, 0.4) is 0 Å². The number of fused-ring (bicyclic) bond motifs is 1. The van der Waals surface area contributed by atoms with Crippen LogP contribution in [0.2, 0.25) is 0 Å². The van der Waals surface area contributed by atoms with Gasteiger partial charge < -0.3 is 4.90 Å². The lowest BCUT2D eigenvalue weighted by atomic mass is 10.1. The SMILES string of the molecule is C=CC(=O)N1CCc2n[nH]nc2C1. The first-order chi connectivity index (χ1) is 6.31. The summed E-state index contributed by atoms with van der Waals surface area (Å²) < 4.78 is 0. The Balaban J connectivity index is 2.17. The van der Waals surface area contributed by atoms with E-state index in [0.717, 1.165) is 17.8 Å². The first-order valence-electron chi connectivity index (χ1n) is 4.11. The van der Waals surface area contributed by atoms with Crippen LogP contribution in [-0.4, -0.2) is 32.8 Å². The van der Waals surface area contributed by atoms with Gasteiger partial charge in [0.2, 0.25) is 5.91 Å². The number of hydrogen-bond acceptors (Lipinski definition) is 3. The number of carbonyl (C=O) groups excluding carboxylic acids is 1. The van der Waals surface area contributed by atoms with Crippen LogP contribution in [0, 0.1) is 0 Å². The standard InChI is InChI=1S/C8H10N4O/c1-2-8(13)12-4-3-6-7(5-12)10-11-9-6/h2H,1,3-5H2,(H,9,10,11). The molecule has 1 aliphatic heterocycles. The highest BCUT2D eigenvalue weighted by molar-refractivity contribution is 5.87. The van der Waals surface area contributed by atoms with E-state index in [2.05, 4.69) is 22.0 Å². The van der Waals surface area contributed by atoms with Crippen molar-refractivity contribution >= 4 is 5.91 Å². The molecule has 0 radical (unpaired) electrons. The maximum Gasteiger partial charge on any atom is 0.246 e. The van der Waals surface area contributed by atoms with Gasteiger partial charge in [-0.15, -0.1) is 0 Å². The number of nitrogens with one attached hydrogen (secondary N) is 1. The minimum absolute atomic E-state index is 0.0475. The van der Waals surface area contributed by atoms with Crippen molar-refractivity contribution in [2.75, 3.05) is 6.54 Å². The fourth-order valence-corrected chi connectivity index (χ4v) is 1.42. The molecule has 0 aromatic carbocycles. The highest BCUT2D eigenvalue weighted by Gasteiger charge is 2.21. The van der Waals surface area contributed by atoms with Crippen molar-refractivity contribution in [2.45, 2.75) is 13.0 Å². The lowest BCUT2D eigenvalue weighted by molar-refractivity contribution is -0.126. The van der Waals surface area contributed by atoms with E-state index in [4.69, 9.17) is 0 Å². The summed E-state index contributed by atoms with van der Waals surface area (Å²) >= 11 is 0. The second kappa shape index (κ2) is 3.01. The van der Waals surface area contributed by atoms with Gasteiger partial charge >= 0.3 is 0 Å². The molecule has 2 rings (SSSR count). The Morgan fingerprint density at radius 2 is 2.31 bits per heavy atom. The minimum atomic E-state index is -0.0475. The van der Waals surface area contributed by atoms with Crippen molar-refractivity contribution in [3.8, 4) is 0 Å². The molecular formula is C8H10N4O. The van der Waals surface area contributed by atoms with Crippen LogP contribution < -0.4 is 0 Å². The third kappa shape index (κ3) is 1.32. The molecule has 0 unspecified atom stereocenters. The highest BCUT2D eigenvalue weighted by atomic mass is 16.2. The van der Waals surface area contributed by atoms with E-state index in [9.17, 15) is 4.79 Å². The number of H-pyrrole nitrogens is 1. The first kappa shape index (κ1) is 7.97. The van der Waals surface area contributed by atoms with Gasteiger partial charge in [-0.2, -0.15) is 15.4 Å². The normalized spacial score (nSPS) is 15.2. The summed E-state index contributed by atoms with van der Waals surface area (Å²) in [5, 5.41) is 10.5. The molecular weight excluding hydrogens is 168 g/mol. The molecule has 0 aliphatic carbocycles. The third-order valence-corrected chi connectivity index (χ3v) is 2.15. The summed E-state index contributed by atoms with van der Waals surface area (Å²) in [4.78, 5) is 13.0. The number of amides is 1. The van der Waals surface area contributed by atoms with Gasteiger partial charge in [0.05, 0.1) is 12.2 Å². The van der Waals surface area contributed by atoms with Crippen LogP contribution in [0.4, 0.5) is 0 Å². The van der Waals surface area contributed by atoms with E-state index < -0.39 is 0 Å². The summed E-state index contributed by atoms with van der Waals surface area (Å²) in [7, 11) is 0. The van der Waals surface area contributed by atoms with Gasteiger partial charge in [-0.3, -0.25) is 4.79 Å². The Kier molecular flexibility index (Phi) is 1.84. The summed E-state index contributed by atoms with van der Waals surface area (Å²) in [6.45, 7) is 4.68. The molecule has 0 saturated carbocycles. The van der Waals surface area contributed by atoms with Gasteiger partial charge in [0, 0.05) is 13.0 Å². The number of carbonyl (C=O) groups is 1. The smallest absolute Gasteiger partial charge is 0.246 e. The summed E-state index contributed by atoms with van der Waals surface area (Å²) in [6, 6.07) is 0. The zero-order chi connectivity index (χ0) is 9.26. The molecule has 13 heavy (non-hydrogen) atoms. The predicted molar refractivity (Wildman–Crippen MR) is 45.7 cm³/mol. The molecule has 1 aromatic rings. The average Bonchev–Trinajstić information content (AvgIpc) is 2.63. The third-order valence-electron chi connectivity index (χ3n) is 2.15. The molecule has 68 valence electrons. The molecule has 1 N–H and O–H groups in total. The second-order valence-corrected chi connectivity index (χ2v) is 2.93. The van der Waals surface area contributed by atoms with Crippen molar-refractivity contribution in [3.05, 3.63) is 24.0 Å². The second-order valence-electron chi connectivity index (χ2n) is 2.93. The molecule has 1 amide bonds. The van der Waals surface area contributed by atoms with Crippen LogP contribution in [0.5, 0.6) is 0 Å². The molecule has 0 atom stereocenters. The Morgan fingerprint density at radius 3 is 3.08 bits per heavy atom. The first-order valence-corrected chi connectivity index (χ1v) is 4.11. The van der Waals surface area contributed by atoms with Crippen LogP contribution in [0.1, 0.15) is 11.4 Å². The van der Waals surface area contributed by atoms with Crippen molar-refractivity contribution in [1.29, 1.82) is 0 Å². The largest absolute Gasteiger partial charge is 0.333 e. The number of rotatable bonds is 1. The van der Waals surface area contributed by atoms with Crippen LogP contribution in [0.15, 0.2) is 12.7 Å². The zero-order valence-corrected chi connectivity index (χ0v) is 7.16.